The number of nitrogens with one attached hydrogen (secondary N) is 1. The Kier molecular flexibility index (Phi) is 5.26. The van der Waals surface area contributed by atoms with Crippen molar-refractivity contribution in [2.24, 2.45) is 5.73 Å². The highest BCUT2D eigenvalue weighted by Crippen LogP contribution is 2.22. The predicted molar refractivity (Wildman–Crippen MR) is 66.9 cm³/mol. The average Bonchev–Trinajstić information content (AvgIpc) is 2.26. The summed E-state index contributed by atoms with van der Waals surface area (Å²) in [5.41, 5.74) is 5.13. The highest BCUT2D eigenvalue weighted by molar-refractivity contribution is 5.74. The number of nitrogens with zero attached hydrogens (tertiary/aromatic N) is 1. The summed E-state index contributed by atoms with van der Waals surface area (Å²) in [6.45, 7) is 4.56. The van der Waals surface area contributed by atoms with Crippen LogP contribution in [0.4, 0.5) is 5.82 Å². The zero-order valence-corrected chi connectivity index (χ0v) is 10.3. The molecule has 0 radical (unpaired) electrons. The first-order valence-electron chi connectivity index (χ1n) is 5.76. The van der Waals surface area contributed by atoms with Gasteiger partial charge >= 0.3 is 0 Å². The standard InChI is InChI=1S/C12H19N3O2/c1-3-7-17-10-5-4-6-14-12(10)15-9(2)8-11(13)16/h4-6,9H,3,7-8H2,1-2H3,(H2,13,16)(H,14,15). The van der Waals surface area contributed by atoms with E-state index >= 15 is 0 Å². The summed E-state index contributed by atoms with van der Waals surface area (Å²) in [6.07, 6.45) is 2.88. The quantitative estimate of drug-likeness (QED) is 0.754. The summed E-state index contributed by atoms with van der Waals surface area (Å²) in [5.74, 6) is 1.01. The molecule has 17 heavy (non-hydrogen) atoms. The molecule has 1 unspecified atom stereocenters. The van der Waals surface area contributed by atoms with Gasteiger partial charge < -0.3 is 15.8 Å². The Hall–Kier alpha value is -1.78. The number of rotatable bonds is 7. The van der Waals surface area contributed by atoms with Gasteiger partial charge in [-0.15, -0.1) is 0 Å². The lowest BCUT2D eigenvalue weighted by Crippen LogP contribution is -2.24. The van der Waals surface area contributed by atoms with E-state index in [1.807, 2.05) is 26.0 Å². The third kappa shape index (κ3) is 4.72. The topological polar surface area (TPSA) is 77.2 Å². The van der Waals surface area contributed by atoms with Crippen molar-refractivity contribution in [1.82, 2.24) is 4.98 Å². The van der Waals surface area contributed by atoms with E-state index in [4.69, 9.17) is 10.5 Å². The first kappa shape index (κ1) is 13.3. The summed E-state index contributed by atoms with van der Waals surface area (Å²) in [5, 5.41) is 3.11. The van der Waals surface area contributed by atoms with Crippen molar-refractivity contribution in [3.8, 4) is 5.75 Å². The van der Waals surface area contributed by atoms with Gasteiger partial charge in [-0.2, -0.15) is 0 Å². The van der Waals surface area contributed by atoms with Gasteiger partial charge in [-0.1, -0.05) is 6.92 Å². The number of ether oxygens (including phenoxy) is 1. The highest BCUT2D eigenvalue weighted by Gasteiger charge is 2.10. The van der Waals surface area contributed by atoms with E-state index in [-0.39, 0.29) is 18.4 Å². The largest absolute Gasteiger partial charge is 0.490 e. The molecule has 1 aromatic heterocycles. The molecule has 1 aromatic rings. The second kappa shape index (κ2) is 6.73. The Morgan fingerprint density at radius 2 is 2.41 bits per heavy atom. The van der Waals surface area contributed by atoms with Gasteiger partial charge in [-0.3, -0.25) is 4.79 Å². The van der Waals surface area contributed by atoms with Crippen molar-refractivity contribution in [2.75, 3.05) is 11.9 Å². The first-order chi connectivity index (χ1) is 8.13. The number of aromatic nitrogens is 1. The maximum atomic E-state index is 10.8. The van der Waals surface area contributed by atoms with Crippen LogP contribution in [-0.2, 0) is 4.79 Å². The lowest BCUT2D eigenvalue weighted by atomic mass is 10.2. The molecule has 1 atom stereocenters. The van der Waals surface area contributed by atoms with E-state index in [0.717, 1.165) is 6.42 Å². The Balaban J connectivity index is 2.65. The third-order valence-electron chi connectivity index (χ3n) is 2.12. The molecule has 0 aliphatic rings. The number of amides is 1. The number of nitrogens with two attached hydrogens (primary N) is 1. The van der Waals surface area contributed by atoms with Crippen LogP contribution in [0.1, 0.15) is 26.7 Å². The molecule has 5 heteroatoms. The van der Waals surface area contributed by atoms with Gasteiger partial charge in [0.1, 0.15) is 0 Å². The number of carbonyl (C=O) groups is 1. The maximum Gasteiger partial charge on any atom is 0.219 e. The smallest absolute Gasteiger partial charge is 0.219 e. The number of pyridine rings is 1. The second-order valence-corrected chi connectivity index (χ2v) is 3.91. The molecule has 0 saturated carbocycles. The molecule has 1 amide bonds. The molecule has 0 spiro atoms. The first-order valence-corrected chi connectivity index (χ1v) is 5.76. The Morgan fingerprint density at radius 1 is 1.65 bits per heavy atom. The van der Waals surface area contributed by atoms with Crippen LogP contribution in [0, 0.1) is 0 Å². The van der Waals surface area contributed by atoms with Crippen LogP contribution in [0.15, 0.2) is 18.3 Å². The molecule has 1 rings (SSSR count). The number of hydrogen-bond acceptors (Lipinski definition) is 4. The van der Waals surface area contributed by atoms with E-state index < -0.39 is 0 Å². The summed E-state index contributed by atoms with van der Waals surface area (Å²) in [4.78, 5) is 15.0. The van der Waals surface area contributed by atoms with Gasteiger partial charge in [0.15, 0.2) is 11.6 Å². The summed E-state index contributed by atoms with van der Waals surface area (Å²) in [7, 11) is 0. The van der Waals surface area contributed by atoms with Crippen LogP contribution < -0.4 is 15.8 Å². The minimum absolute atomic E-state index is 0.0635. The zero-order chi connectivity index (χ0) is 12.7. The van der Waals surface area contributed by atoms with Crippen LogP contribution in [0.25, 0.3) is 0 Å². The molecular weight excluding hydrogens is 218 g/mol. The zero-order valence-electron chi connectivity index (χ0n) is 10.3. The van der Waals surface area contributed by atoms with Gasteiger partial charge in [0.25, 0.3) is 0 Å². The van der Waals surface area contributed by atoms with Crippen molar-refractivity contribution >= 4 is 11.7 Å². The van der Waals surface area contributed by atoms with Crippen molar-refractivity contribution in [2.45, 2.75) is 32.7 Å². The molecular formula is C12H19N3O2. The van der Waals surface area contributed by atoms with Crippen molar-refractivity contribution in [1.29, 1.82) is 0 Å². The maximum absolute atomic E-state index is 10.8. The minimum atomic E-state index is -0.336. The van der Waals surface area contributed by atoms with E-state index in [1.165, 1.54) is 0 Å². The normalized spacial score (nSPS) is 11.9. The fraction of sp³-hybridized carbons (Fsp3) is 0.500. The van der Waals surface area contributed by atoms with Crippen molar-refractivity contribution in [3.63, 3.8) is 0 Å². The molecule has 5 nitrogen and oxygen atoms in total. The fourth-order valence-electron chi connectivity index (χ4n) is 1.41. The molecule has 0 aromatic carbocycles. The summed E-state index contributed by atoms with van der Waals surface area (Å²) in [6, 6.07) is 3.60. The van der Waals surface area contributed by atoms with Crippen LogP contribution >= 0.6 is 0 Å². The molecule has 0 fully saturated rings. The minimum Gasteiger partial charge on any atom is -0.490 e. The van der Waals surface area contributed by atoms with Crippen LogP contribution in [-0.4, -0.2) is 23.5 Å². The molecule has 0 aliphatic heterocycles. The monoisotopic (exact) mass is 237 g/mol. The van der Waals surface area contributed by atoms with Crippen LogP contribution in [0.5, 0.6) is 5.75 Å². The van der Waals surface area contributed by atoms with E-state index in [1.54, 1.807) is 6.20 Å². The van der Waals surface area contributed by atoms with Crippen molar-refractivity contribution < 1.29 is 9.53 Å². The number of primary amides is 1. The van der Waals surface area contributed by atoms with Gasteiger partial charge in [0, 0.05) is 18.7 Å². The number of hydrogen-bond donors (Lipinski definition) is 2. The molecule has 3 N–H and O–H groups in total. The molecule has 0 bridgehead atoms. The lowest BCUT2D eigenvalue weighted by molar-refractivity contribution is -0.118. The van der Waals surface area contributed by atoms with Gasteiger partial charge in [-0.05, 0) is 25.5 Å². The Bertz CT molecular complexity index is 369. The second-order valence-electron chi connectivity index (χ2n) is 3.91. The summed E-state index contributed by atoms with van der Waals surface area (Å²) >= 11 is 0. The van der Waals surface area contributed by atoms with Crippen LogP contribution in [0.2, 0.25) is 0 Å². The fourth-order valence-corrected chi connectivity index (χ4v) is 1.41. The molecule has 0 aliphatic carbocycles. The van der Waals surface area contributed by atoms with E-state index in [0.29, 0.717) is 18.2 Å². The average molecular weight is 237 g/mol. The van der Waals surface area contributed by atoms with Crippen molar-refractivity contribution in [3.05, 3.63) is 18.3 Å². The van der Waals surface area contributed by atoms with Gasteiger partial charge in [-0.25, -0.2) is 4.98 Å². The van der Waals surface area contributed by atoms with E-state index in [2.05, 4.69) is 10.3 Å². The van der Waals surface area contributed by atoms with Gasteiger partial charge in [0.2, 0.25) is 5.91 Å². The lowest BCUT2D eigenvalue weighted by Gasteiger charge is -2.15. The predicted octanol–water partition coefficient (Wildman–Crippen LogP) is 1.55. The molecule has 94 valence electrons. The Morgan fingerprint density at radius 3 is 3.06 bits per heavy atom. The number of anilines is 1. The molecule has 0 saturated heterocycles. The van der Waals surface area contributed by atoms with Crippen LogP contribution in [0.3, 0.4) is 0 Å². The highest BCUT2D eigenvalue weighted by atomic mass is 16.5. The molecule has 1 heterocycles. The Labute approximate surface area is 101 Å². The number of carbonyl (C=O) groups excluding carboxylic acids is 1. The van der Waals surface area contributed by atoms with Gasteiger partial charge in [0.05, 0.1) is 6.61 Å². The third-order valence-corrected chi connectivity index (χ3v) is 2.12. The van der Waals surface area contributed by atoms with E-state index in [9.17, 15) is 4.79 Å². The SMILES string of the molecule is CCCOc1cccnc1NC(C)CC(N)=O. The summed E-state index contributed by atoms with van der Waals surface area (Å²) < 4.78 is 5.55.